The average Bonchev–Trinajstić information content (AvgIpc) is 2.91. The van der Waals surface area contributed by atoms with Crippen molar-refractivity contribution in [3.63, 3.8) is 0 Å². The number of benzene rings is 2. The third kappa shape index (κ3) is 8.12. The van der Waals surface area contributed by atoms with E-state index >= 15 is 0 Å². The van der Waals surface area contributed by atoms with Gasteiger partial charge in [0.05, 0.1) is 30.5 Å². The van der Waals surface area contributed by atoms with Crippen LogP contribution in [0.1, 0.15) is 50.9 Å². The zero-order chi connectivity index (χ0) is 28.4. The summed E-state index contributed by atoms with van der Waals surface area (Å²) in [7, 11) is 0. The lowest BCUT2D eigenvalue weighted by molar-refractivity contribution is -0.131. The van der Waals surface area contributed by atoms with Gasteiger partial charge in [-0.2, -0.15) is 0 Å². The van der Waals surface area contributed by atoms with Crippen molar-refractivity contribution in [2.75, 3.05) is 56.2 Å². The Labute approximate surface area is 240 Å². The number of thiocarbonyl (C=S) groups is 1. The van der Waals surface area contributed by atoms with Gasteiger partial charge in [-0.15, -0.1) is 0 Å². The Bertz CT molecular complexity index is 1140. The minimum Gasteiger partial charge on any atom is -0.490 e. The maximum atomic E-state index is 13.0. The Balaban J connectivity index is 1.65. The Morgan fingerprint density at radius 2 is 1.54 bits per heavy atom. The molecule has 0 aliphatic carbocycles. The molecule has 0 unspecified atom stereocenters. The lowest BCUT2D eigenvalue weighted by Crippen LogP contribution is -2.48. The highest BCUT2D eigenvalue weighted by molar-refractivity contribution is 7.80. The number of ether oxygens (including phenoxy) is 3. The first-order chi connectivity index (χ1) is 18.8. The van der Waals surface area contributed by atoms with Crippen molar-refractivity contribution in [3.05, 3.63) is 40.9 Å². The molecule has 0 saturated carbocycles. The molecule has 9 nitrogen and oxygen atoms in total. The summed E-state index contributed by atoms with van der Waals surface area (Å²) in [4.78, 5) is 29.3. The topological polar surface area (TPSA) is 92.4 Å². The van der Waals surface area contributed by atoms with Crippen molar-refractivity contribution < 1.29 is 23.8 Å². The summed E-state index contributed by atoms with van der Waals surface area (Å²) in [6.45, 7) is 11.6. The molecule has 3 rings (SSSR count). The Kier molecular flexibility index (Phi) is 11.5. The third-order valence-corrected chi connectivity index (χ3v) is 6.55. The largest absolute Gasteiger partial charge is 0.490 e. The normalized spacial score (nSPS) is 13.1. The number of hydrogen-bond donors (Lipinski definition) is 2. The molecule has 2 aromatic rings. The van der Waals surface area contributed by atoms with Gasteiger partial charge < -0.3 is 29.3 Å². The van der Waals surface area contributed by atoms with Crippen LogP contribution in [-0.4, -0.2) is 67.8 Å². The van der Waals surface area contributed by atoms with Crippen LogP contribution in [0, 0.1) is 0 Å². The number of rotatable bonds is 11. The number of hydrogen-bond acceptors (Lipinski definition) is 7. The van der Waals surface area contributed by atoms with E-state index in [4.69, 9.17) is 38.0 Å². The molecule has 0 aromatic heterocycles. The summed E-state index contributed by atoms with van der Waals surface area (Å²) in [6, 6.07) is 8.74. The van der Waals surface area contributed by atoms with Crippen LogP contribution >= 0.6 is 23.8 Å². The van der Waals surface area contributed by atoms with E-state index in [1.165, 1.54) is 0 Å². The molecule has 1 aliphatic rings. The van der Waals surface area contributed by atoms with Crippen LogP contribution in [-0.2, 0) is 4.79 Å². The number of halogens is 1. The molecule has 2 N–H and O–H groups in total. The van der Waals surface area contributed by atoms with Crippen molar-refractivity contribution in [1.29, 1.82) is 0 Å². The van der Waals surface area contributed by atoms with Crippen LogP contribution in [0.2, 0.25) is 5.02 Å². The van der Waals surface area contributed by atoms with Crippen molar-refractivity contribution in [1.82, 2.24) is 10.2 Å². The monoisotopic (exact) mass is 576 g/mol. The van der Waals surface area contributed by atoms with Gasteiger partial charge in [-0.05, 0) is 69.7 Å². The minimum atomic E-state index is -0.421. The first-order valence-electron chi connectivity index (χ1n) is 13.3. The van der Waals surface area contributed by atoms with Gasteiger partial charge in [0.1, 0.15) is 0 Å². The fraction of sp³-hybridized carbons (Fsp3) is 0.464. The summed E-state index contributed by atoms with van der Waals surface area (Å²) in [5.41, 5.74) is 1.85. The molecule has 1 aliphatic heterocycles. The Morgan fingerprint density at radius 3 is 2.08 bits per heavy atom. The fourth-order valence-corrected chi connectivity index (χ4v) is 4.78. The van der Waals surface area contributed by atoms with Gasteiger partial charge in [0.25, 0.3) is 5.91 Å². The van der Waals surface area contributed by atoms with Gasteiger partial charge >= 0.3 is 0 Å². The number of carbonyl (C=O) groups excluding carboxylic acids is 2. The fourth-order valence-electron chi connectivity index (χ4n) is 4.27. The third-order valence-electron chi connectivity index (χ3n) is 6.04. The van der Waals surface area contributed by atoms with Gasteiger partial charge in [0, 0.05) is 43.9 Å². The summed E-state index contributed by atoms with van der Waals surface area (Å²) >= 11 is 12.0. The minimum absolute atomic E-state index is 0.122. The lowest BCUT2D eigenvalue weighted by atomic mass is 10.1. The Morgan fingerprint density at radius 1 is 0.923 bits per heavy atom. The van der Waals surface area contributed by atoms with E-state index in [9.17, 15) is 9.59 Å². The molecule has 2 amide bonds. The van der Waals surface area contributed by atoms with Crippen LogP contribution in [0.5, 0.6) is 17.2 Å². The van der Waals surface area contributed by atoms with E-state index in [1.807, 2.05) is 44.7 Å². The van der Waals surface area contributed by atoms with E-state index < -0.39 is 5.91 Å². The van der Waals surface area contributed by atoms with Crippen molar-refractivity contribution in [2.24, 2.45) is 0 Å². The molecule has 0 radical (unpaired) electrons. The molecular formula is C28H37ClN4O5S. The molecule has 0 spiro atoms. The van der Waals surface area contributed by atoms with E-state index in [0.29, 0.717) is 85.9 Å². The molecular weight excluding hydrogens is 540 g/mol. The van der Waals surface area contributed by atoms with Gasteiger partial charge in [-0.25, -0.2) is 0 Å². The zero-order valence-corrected chi connectivity index (χ0v) is 24.5. The number of nitrogens with zero attached hydrogens (tertiary/aromatic N) is 2. The van der Waals surface area contributed by atoms with Crippen LogP contribution in [0.3, 0.4) is 0 Å². The molecule has 11 heteroatoms. The number of piperazine rings is 1. The number of carbonyl (C=O) groups is 2. The molecule has 39 heavy (non-hydrogen) atoms. The van der Waals surface area contributed by atoms with E-state index in [1.54, 1.807) is 18.2 Å². The van der Waals surface area contributed by atoms with Crippen LogP contribution in [0.4, 0.5) is 11.4 Å². The molecule has 0 bridgehead atoms. The van der Waals surface area contributed by atoms with Crippen molar-refractivity contribution in [2.45, 2.75) is 40.5 Å². The SMILES string of the molecule is CCCC(=O)N1CCN(c2ccc(NC(=S)NC(=O)c3cc(OCC)c(OCC)c(OCC)c3)cc2Cl)CC1. The zero-order valence-electron chi connectivity index (χ0n) is 23.0. The van der Waals surface area contributed by atoms with Crippen LogP contribution in [0.25, 0.3) is 0 Å². The molecule has 2 aromatic carbocycles. The van der Waals surface area contributed by atoms with E-state index in [2.05, 4.69) is 15.5 Å². The number of amides is 2. The average molecular weight is 577 g/mol. The number of anilines is 2. The maximum absolute atomic E-state index is 13.0. The highest BCUT2D eigenvalue weighted by Gasteiger charge is 2.22. The quantitative estimate of drug-likeness (QED) is 0.357. The summed E-state index contributed by atoms with van der Waals surface area (Å²) < 4.78 is 17.1. The van der Waals surface area contributed by atoms with E-state index in [-0.39, 0.29) is 11.0 Å². The smallest absolute Gasteiger partial charge is 0.257 e. The van der Waals surface area contributed by atoms with Crippen molar-refractivity contribution in [3.8, 4) is 17.2 Å². The predicted octanol–water partition coefficient (Wildman–Crippen LogP) is 5.11. The summed E-state index contributed by atoms with van der Waals surface area (Å²) in [5.74, 6) is 1.09. The summed E-state index contributed by atoms with van der Waals surface area (Å²) in [5, 5.41) is 6.39. The highest BCUT2D eigenvalue weighted by atomic mass is 35.5. The van der Waals surface area contributed by atoms with Gasteiger partial charge in [-0.3, -0.25) is 14.9 Å². The van der Waals surface area contributed by atoms with Crippen LogP contribution in [0.15, 0.2) is 30.3 Å². The molecule has 212 valence electrons. The second-order valence-corrected chi connectivity index (χ2v) is 9.61. The van der Waals surface area contributed by atoms with Crippen LogP contribution < -0.4 is 29.7 Å². The second-order valence-electron chi connectivity index (χ2n) is 8.79. The van der Waals surface area contributed by atoms with Gasteiger partial charge in [0.15, 0.2) is 16.6 Å². The maximum Gasteiger partial charge on any atom is 0.257 e. The molecule has 1 saturated heterocycles. The van der Waals surface area contributed by atoms with Crippen molar-refractivity contribution >= 4 is 52.1 Å². The second kappa shape index (κ2) is 14.8. The van der Waals surface area contributed by atoms with Gasteiger partial charge in [0.2, 0.25) is 11.7 Å². The molecule has 1 heterocycles. The van der Waals surface area contributed by atoms with Gasteiger partial charge in [-0.1, -0.05) is 18.5 Å². The Hall–Kier alpha value is -3.24. The molecule has 1 fully saturated rings. The predicted molar refractivity (Wildman–Crippen MR) is 159 cm³/mol. The number of nitrogens with one attached hydrogen (secondary N) is 2. The molecule has 0 atom stereocenters. The standard InChI is InChI=1S/C28H37ClN4O5S/c1-5-9-25(34)33-14-12-32(13-15-33)22-11-10-20(18-21(22)29)30-28(39)31-27(35)19-16-23(36-6-2)26(38-8-4)24(17-19)37-7-3/h10-11,16-18H,5-9,12-15H2,1-4H3,(H2,30,31,35,39). The first kappa shape index (κ1) is 30.3. The lowest BCUT2D eigenvalue weighted by Gasteiger charge is -2.36. The summed E-state index contributed by atoms with van der Waals surface area (Å²) in [6.07, 6.45) is 1.43. The highest BCUT2D eigenvalue weighted by Crippen LogP contribution is 2.39. The van der Waals surface area contributed by atoms with E-state index in [0.717, 1.165) is 12.1 Å². The first-order valence-corrected chi connectivity index (χ1v) is 14.1.